The number of amides is 1. The van der Waals surface area contributed by atoms with Gasteiger partial charge in [-0.05, 0) is 32.0 Å². The summed E-state index contributed by atoms with van der Waals surface area (Å²) in [5.41, 5.74) is 1.85. The lowest BCUT2D eigenvalue weighted by Crippen LogP contribution is -2.15. The van der Waals surface area contributed by atoms with Gasteiger partial charge >= 0.3 is 0 Å². The molecule has 0 aliphatic carbocycles. The Labute approximate surface area is 119 Å². The quantitative estimate of drug-likeness (QED) is 0.904. The molecule has 100 valence electrons. The Hall–Kier alpha value is -1.82. The minimum Gasteiger partial charge on any atom is -0.448 e. The second-order valence-corrected chi connectivity index (χ2v) is 4.85. The van der Waals surface area contributed by atoms with Gasteiger partial charge in [0.2, 0.25) is 0 Å². The maximum absolute atomic E-state index is 12.1. The van der Waals surface area contributed by atoms with Crippen molar-refractivity contribution in [2.45, 2.75) is 13.8 Å². The van der Waals surface area contributed by atoms with E-state index in [1.807, 2.05) is 25.1 Å². The molecule has 0 radical (unpaired) electrons. The number of rotatable bonds is 4. The average molecular weight is 324 g/mol. The monoisotopic (exact) mass is 323 g/mol. The van der Waals surface area contributed by atoms with Crippen molar-refractivity contribution in [3.63, 3.8) is 0 Å². The molecule has 0 aliphatic rings. The molecule has 5 nitrogen and oxygen atoms in total. The van der Waals surface area contributed by atoms with E-state index in [2.05, 4.69) is 31.5 Å². The number of carbonyl (C=O) groups excluding carboxylic acids is 1. The van der Waals surface area contributed by atoms with Gasteiger partial charge in [0.05, 0.1) is 11.4 Å². The van der Waals surface area contributed by atoms with E-state index in [-0.39, 0.29) is 5.91 Å². The molecule has 0 spiro atoms. The number of oxazole rings is 1. The lowest BCUT2D eigenvalue weighted by atomic mass is 10.2. The van der Waals surface area contributed by atoms with Crippen LogP contribution in [0.15, 0.2) is 33.5 Å². The molecule has 0 saturated heterocycles. The van der Waals surface area contributed by atoms with Gasteiger partial charge in [-0.1, -0.05) is 15.9 Å². The number of aryl methyl sites for hydroxylation is 1. The molecule has 1 aromatic heterocycles. The third-order valence-electron chi connectivity index (χ3n) is 2.56. The van der Waals surface area contributed by atoms with Gasteiger partial charge in [-0.2, -0.15) is 0 Å². The Bertz CT molecular complexity index is 595. The minimum absolute atomic E-state index is 0.288. The zero-order valence-electron chi connectivity index (χ0n) is 10.7. The molecule has 2 rings (SSSR count). The molecule has 0 unspecified atom stereocenters. The summed E-state index contributed by atoms with van der Waals surface area (Å²) in [6.45, 7) is 4.47. The van der Waals surface area contributed by atoms with Crippen LogP contribution in [-0.2, 0) is 0 Å². The zero-order chi connectivity index (χ0) is 13.8. The van der Waals surface area contributed by atoms with Crippen molar-refractivity contribution in [2.24, 2.45) is 0 Å². The SMILES string of the molecule is CCNc1ccc(Br)cc1NC(=O)c1ncoc1C. The molecule has 6 heteroatoms. The summed E-state index contributed by atoms with van der Waals surface area (Å²) in [6.07, 6.45) is 1.26. The van der Waals surface area contributed by atoms with Gasteiger partial charge in [-0.15, -0.1) is 0 Å². The molecule has 0 saturated carbocycles. The summed E-state index contributed by atoms with van der Waals surface area (Å²) in [4.78, 5) is 16.0. The lowest BCUT2D eigenvalue weighted by Gasteiger charge is -2.12. The topological polar surface area (TPSA) is 67.2 Å². The fourth-order valence-corrected chi connectivity index (χ4v) is 2.03. The summed E-state index contributed by atoms with van der Waals surface area (Å²) in [5, 5.41) is 6.01. The first-order chi connectivity index (χ1) is 9.11. The fourth-order valence-electron chi connectivity index (χ4n) is 1.67. The van der Waals surface area contributed by atoms with Crippen LogP contribution >= 0.6 is 15.9 Å². The Morgan fingerprint density at radius 2 is 2.21 bits per heavy atom. The van der Waals surface area contributed by atoms with Gasteiger partial charge in [0, 0.05) is 11.0 Å². The van der Waals surface area contributed by atoms with E-state index < -0.39 is 0 Å². The molecule has 1 heterocycles. The smallest absolute Gasteiger partial charge is 0.277 e. The van der Waals surface area contributed by atoms with Crippen molar-refractivity contribution < 1.29 is 9.21 Å². The predicted octanol–water partition coefficient (Wildman–Crippen LogP) is 3.43. The van der Waals surface area contributed by atoms with Crippen molar-refractivity contribution in [1.82, 2.24) is 4.98 Å². The van der Waals surface area contributed by atoms with E-state index in [1.54, 1.807) is 6.92 Å². The summed E-state index contributed by atoms with van der Waals surface area (Å²) in [6, 6.07) is 5.65. The van der Waals surface area contributed by atoms with Crippen molar-refractivity contribution in [1.29, 1.82) is 0 Å². The number of aromatic nitrogens is 1. The van der Waals surface area contributed by atoms with Crippen LogP contribution in [0, 0.1) is 6.92 Å². The van der Waals surface area contributed by atoms with E-state index in [0.29, 0.717) is 17.1 Å². The highest BCUT2D eigenvalue weighted by Crippen LogP contribution is 2.26. The van der Waals surface area contributed by atoms with Gasteiger partial charge in [-0.3, -0.25) is 4.79 Å². The third kappa shape index (κ3) is 3.14. The standard InChI is InChI=1S/C13H14BrN3O2/c1-3-15-10-5-4-9(14)6-11(10)17-13(18)12-8(2)19-7-16-12/h4-7,15H,3H2,1-2H3,(H,17,18). The zero-order valence-corrected chi connectivity index (χ0v) is 12.2. The highest BCUT2D eigenvalue weighted by atomic mass is 79.9. The highest BCUT2D eigenvalue weighted by Gasteiger charge is 2.15. The van der Waals surface area contributed by atoms with Gasteiger partial charge in [-0.25, -0.2) is 4.98 Å². The first-order valence-corrected chi connectivity index (χ1v) is 6.66. The summed E-state index contributed by atoms with van der Waals surface area (Å²) in [7, 11) is 0. The van der Waals surface area contributed by atoms with Crippen molar-refractivity contribution >= 4 is 33.2 Å². The normalized spacial score (nSPS) is 10.3. The Balaban J connectivity index is 2.25. The van der Waals surface area contributed by atoms with Crippen molar-refractivity contribution in [3.8, 4) is 0 Å². The summed E-state index contributed by atoms with van der Waals surface area (Å²) >= 11 is 3.39. The predicted molar refractivity (Wildman–Crippen MR) is 77.5 cm³/mol. The largest absolute Gasteiger partial charge is 0.448 e. The van der Waals surface area contributed by atoms with Crippen LogP contribution in [0.2, 0.25) is 0 Å². The molecule has 1 amide bonds. The van der Waals surface area contributed by atoms with Gasteiger partial charge in [0.25, 0.3) is 5.91 Å². The Morgan fingerprint density at radius 3 is 2.84 bits per heavy atom. The first-order valence-electron chi connectivity index (χ1n) is 5.86. The number of nitrogens with zero attached hydrogens (tertiary/aromatic N) is 1. The van der Waals surface area contributed by atoms with Gasteiger partial charge in [0.15, 0.2) is 12.1 Å². The molecule has 19 heavy (non-hydrogen) atoms. The highest BCUT2D eigenvalue weighted by molar-refractivity contribution is 9.10. The van der Waals surface area contributed by atoms with Crippen LogP contribution < -0.4 is 10.6 Å². The Kier molecular flexibility index (Phi) is 4.21. The number of halogens is 1. The molecule has 0 bridgehead atoms. The Morgan fingerprint density at radius 1 is 1.42 bits per heavy atom. The number of hydrogen-bond acceptors (Lipinski definition) is 4. The average Bonchev–Trinajstić information content (AvgIpc) is 2.79. The second-order valence-electron chi connectivity index (χ2n) is 3.93. The van der Waals surface area contributed by atoms with Crippen LogP contribution in [0.3, 0.4) is 0 Å². The molecule has 0 fully saturated rings. The van der Waals surface area contributed by atoms with E-state index in [9.17, 15) is 4.79 Å². The molecular weight excluding hydrogens is 310 g/mol. The van der Waals surface area contributed by atoms with Gasteiger partial charge in [0.1, 0.15) is 5.76 Å². The summed E-state index contributed by atoms with van der Waals surface area (Å²) < 4.78 is 5.92. The fraction of sp³-hybridized carbons (Fsp3) is 0.231. The van der Waals surface area contributed by atoms with E-state index in [1.165, 1.54) is 6.39 Å². The van der Waals surface area contributed by atoms with Crippen LogP contribution in [0.4, 0.5) is 11.4 Å². The summed E-state index contributed by atoms with van der Waals surface area (Å²) in [5.74, 6) is 0.209. The van der Waals surface area contributed by atoms with Crippen LogP contribution in [0.5, 0.6) is 0 Å². The van der Waals surface area contributed by atoms with E-state index in [4.69, 9.17) is 4.42 Å². The molecule has 1 aromatic carbocycles. The molecular formula is C13H14BrN3O2. The van der Waals surface area contributed by atoms with Crippen molar-refractivity contribution in [3.05, 3.63) is 40.5 Å². The molecule has 2 N–H and O–H groups in total. The number of hydrogen-bond donors (Lipinski definition) is 2. The van der Waals surface area contributed by atoms with E-state index in [0.717, 1.165) is 16.7 Å². The number of benzene rings is 1. The van der Waals surface area contributed by atoms with Crippen molar-refractivity contribution in [2.75, 3.05) is 17.2 Å². The third-order valence-corrected chi connectivity index (χ3v) is 3.05. The lowest BCUT2D eigenvalue weighted by molar-refractivity contribution is 0.102. The minimum atomic E-state index is -0.288. The molecule has 0 atom stereocenters. The second kappa shape index (κ2) is 5.88. The number of anilines is 2. The first kappa shape index (κ1) is 13.6. The maximum atomic E-state index is 12.1. The number of nitrogens with one attached hydrogen (secondary N) is 2. The maximum Gasteiger partial charge on any atom is 0.277 e. The van der Waals surface area contributed by atoms with Crippen LogP contribution in [0.25, 0.3) is 0 Å². The van der Waals surface area contributed by atoms with Gasteiger partial charge < -0.3 is 15.1 Å². The number of carbonyl (C=O) groups is 1. The molecule has 0 aliphatic heterocycles. The molecule has 2 aromatic rings. The van der Waals surface area contributed by atoms with Crippen LogP contribution in [0.1, 0.15) is 23.2 Å². The van der Waals surface area contributed by atoms with Crippen LogP contribution in [-0.4, -0.2) is 17.4 Å². The van der Waals surface area contributed by atoms with E-state index >= 15 is 0 Å².